The van der Waals surface area contributed by atoms with E-state index in [4.69, 9.17) is 4.42 Å². The second-order valence-corrected chi connectivity index (χ2v) is 10.4. The van der Waals surface area contributed by atoms with Crippen LogP contribution in [0.1, 0.15) is 33.4 Å². The van der Waals surface area contributed by atoms with Crippen LogP contribution in [0.2, 0.25) is 0 Å². The Morgan fingerprint density at radius 3 is 2.21 bits per heavy atom. The minimum absolute atomic E-state index is 0.120. The number of amides is 1. The number of benzene rings is 3. The minimum Gasteiger partial charge on any atom is -0.450 e. The van der Waals surface area contributed by atoms with Crippen molar-refractivity contribution in [1.29, 1.82) is 0 Å². The number of sulfonamides is 1. The van der Waals surface area contributed by atoms with Gasteiger partial charge in [-0.15, -0.1) is 0 Å². The van der Waals surface area contributed by atoms with Crippen molar-refractivity contribution < 1.29 is 22.4 Å². The van der Waals surface area contributed by atoms with Gasteiger partial charge in [0, 0.05) is 48.1 Å². The quantitative estimate of drug-likeness (QED) is 0.411. The number of nitrogens with zero attached hydrogens (tertiary/aromatic N) is 2. The highest BCUT2D eigenvalue weighted by Crippen LogP contribution is 2.32. The van der Waals surface area contributed by atoms with Gasteiger partial charge in [-0.05, 0) is 31.4 Å². The fourth-order valence-electron chi connectivity index (χ4n) is 4.44. The minimum atomic E-state index is -3.71. The van der Waals surface area contributed by atoms with Gasteiger partial charge in [-0.1, -0.05) is 48.5 Å². The topological polar surface area (TPSA) is 87.9 Å². The first-order valence-corrected chi connectivity index (χ1v) is 12.5. The molecule has 3 aromatic carbocycles. The van der Waals surface area contributed by atoms with E-state index in [-0.39, 0.29) is 42.8 Å². The molecular formula is C26H24N2O5S. The monoisotopic (exact) mass is 476 g/mol. The maximum atomic E-state index is 13.3. The smallest absolute Gasteiger partial charge is 0.289 e. The lowest BCUT2D eigenvalue weighted by atomic mass is 10.1. The largest absolute Gasteiger partial charge is 0.450 e. The summed E-state index contributed by atoms with van der Waals surface area (Å²) in [5, 5.41) is 2.89. The molecule has 0 spiro atoms. The molecule has 0 unspecified atom stereocenters. The molecule has 1 aromatic heterocycles. The number of furan rings is 1. The SMILES string of the molecule is CC(=O)c1ccc(S(=O)(=O)N2CCN(C(=O)c3oc4c(ccc5ccccc54)c3C)CC2)cc1. The Kier molecular flexibility index (Phi) is 5.50. The molecule has 0 radical (unpaired) electrons. The fourth-order valence-corrected chi connectivity index (χ4v) is 5.86. The second-order valence-electron chi connectivity index (χ2n) is 8.50. The van der Waals surface area contributed by atoms with E-state index in [1.165, 1.54) is 35.5 Å². The van der Waals surface area contributed by atoms with Gasteiger partial charge in [0.05, 0.1) is 4.90 Å². The zero-order valence-corrected chi connectivity index (χ0v) is 19.8. The Morgan fingerprint density at radius 2 is 1.53 bits per heavy atom. The predicted octanol–water partition coefficient (Wildman–Crippen LogP) is 4.24. The van der Waals surface area contributed by atoms with Crippen molar-refractivity contribution in [2.24, 2.45) is 0 Å². The molecule has 0 aliphatic carbocycles. The van der Waals surface area contributed by atoms with E-state index >= 15 is 0 Å². The van der Waals surface area contributed by atoms with E-state index in [0.717, 1.165) is 21.7 Å². The second kappa shape index (κ2) is 8.38. The Bertz CT molecular complexity index is 1530. The van der Waals surface area contributed by atoms with E-state index < -0.39 is 10.0 Å². The van der Waals surface area contributed by atoms with E-state index in [1.807, 2.05) is 43.3 Å². The lowest BCUT2D eigenvalue weighted by Gasteiger charge is -2.33. The zero-order valence-electron chi connectivity index (χ0n) is 18.9. The van der Waals surface area contributed by atoms with Crippen molar-refractivity contribution >= 4 is 43.5 Å². The van der Waals surface area contributed by atoms with Crippen molar-refractivity contribution in [2.75, 3.05) is 26.2 Å². The molecule has 0 N–H and O–H groups in total. The highest BCUT2D eigenvalue weighted by Gasteiger charge is 2.32. The lowest BCUT2D eigenvalue weighted by molar-refractivity contribution is 0.0667. The summed E-state index contributed by atoms with van der Waals surface area (Å²) in [5.41, 5.74) is 1.93. The number of hydrogen-bond acceptors (Lipinski definition) is 5. The number of ketones is 1. The molecule has 1 fully saturated rings. The number of hydrogen-bond donors (Lipinski definition) is 0. The summed E-state index contributed by atoms with van der Waals surface area (Å²) in [5.74, 6) is -0.0620. The Balaban J connectivity index is 1.35. The number of fused-ring (bicyclic) bond motifs is 3. The zero-order chi connectivity index (χ0) is 24.0. The van der Waals surface area contributed by atoms with Gasteiger partial charge in [-0.25, -0.2) is 8.42 Å². The lowest BCUT2D eigenvalue weighted by Crippen LogP contribution is -2.50. The van der Waals surface area contributed by atoms with Crippen LogP contribution in [-0.2, 0) is 10.0 Å². The van der Waals surface area contributed by atoms with Crippen LogP contribution in [0.5, 0.6) is 0 Å². The number of aryl methyl sites for hydroxylation is 1. The van der Waals surface area contributed by atoms with E-state index in [2.05, 4.69) is 0 Å². The van der Waals surface area contributed by atoms with Crippen molar-refractivity contribution in [2.45, 2.75) is 18.7 Å². The first-order valence-electron chi connectivity index (χ1n) is 11.1. The molecule has 0 saturated carbocycles. The van der Waals surface area contributed by atoms with Gasteiger partial charge in [0.2, 0.25) is 10.0 Å². The van der Waals surface area contributed by atoms with Gasteiger partial charge < -0.3 is 9.32 Å². The van der Waals surface area contributed by atoms with Crippen LogP contribution in [0.3, 0.4) is 0 Å². The number of rotatable bonds is 4. The van der Waals surface area contributed by atoms with Crippen LogP contribution in [0.25, 0.3) is 21.7 Å². The molecule has 1 aliphatic heterocycles. The van der Waals surface area contributed by atoms with E-state index in [1.54, 1.807) is 4.90 Å². The van der Waals surface area contributed by atoms with Gasteiger partial charge in [0.25, 0.3) is 5.91 Å². The summed E-state index contributed by atoms with van der Waals surface area (Å²) < 4.78 is 33.5. The molecule has 7 nitrogen and oxygen atoms in total. The van der Waals surface area contributed by atoms with Crippen molar-refractivity contribution in [3.8, 4) is 0 Å². The Labute approximate surface area is 197 Å². The van der Waals surface area contributed by atoms with Crippen molar-refractivity contribution in [1.82, 2.24) is 9.21 Å². The molecule has 0 bridgehead atoms. The molecule has 1 aliphatic rings. The molecule has 1 saturated heterocycles. The van der Waals surface area contributed by atoms with Crippen molar-refractivity contribution in [3.05, 3.63) is 77.6 Å². The molecule has 4 aromatic rings. The van der Waals surface area contributed by atoms with Crippen LogP contribution >= 0.6 is 0 Å². The first-order chi connectivity index (χ1) is 16.3. The molecule has 0 atom stereocenters. The summed E-state index contributed by atoms with van der Waals surface area (Å²) in [6.07, 6.45) is 0. The van der Waals surface area contributed by atoms with Crippen LogP contribution < -0.4 is 0 Å². The summed E-state index contributed by atoms with van der Waals surface area (Å²) >= 11 is 0. The fraction of sp³-hybridized carbons (Fsp3) is 0.231. The van der Waals surface area contributed by atoms with Gasteiger partial charge in [0.15, 0.2) is 11.5 Å². The molecule has 1 amide bonds. The van der Waals surface area contributed by atoms with Crippen LogP contribution in [0, 0.1) is 6.92 Å². The van der Waals surface area contributed by atoms with Gasteiger partial charge in [-0.3, -0.25) is 9.59 Å². The van der Waals surface area contributed by atoms with Gasteiger partial charge in [-0.2, -0.15) is 4.31 Å². The van der Waals surface area contributed by atoms with Crippen LogP contribution in [-0.4, -0.2) is 55.5 Å². The predicted molar refractivity (Wildman–Crippen MR) is 130 cm³/mol. The van der Waals surface area contributed by atoms with Crippen molar-refractivity contribution in [3.63, 3.8) is 0 Å². The summed E-state index contributed by atoms with van der Waals surface area (Å²) in [7, 11) is -3.71. The van der Waals surface area contributed by atoms with E-state index in [9.17, 15) is 18.0 Å². The number of carbonyl (C=O) groups is 2. The summed E-state index contributed by atoms with van der Waals surface area (Å²) in [6.45, 7) is 4.21. The Morgan fingerprint density at radius 1 is 0.853 bits per heavy atom. The van der Waals surface area contributed by atoms with Gasteiger partial charge >= 0.3 is 0 Å². The average molecular weight is 477 g/mol. The third-order valence-corrected chi connectivity index (χ3v) is 8.36. The maximum absolute atomic E-state index is 13.3. The molecule has 174 valence electrons. The average Bonchev–Trinajstić information content (AvgIpc) is 3.20. The number of Topliss-reactive ketones (excluding diaryl/α,β-unsaturated/α-hetero) is 1. The normalized spacial score (nSPS) is 15.2. The molecule has 8 heteroatoms. The molecule has 2 heterocycles. The Hall–Kier alpha value is -3.49. The van der Waals surface area contributed by atoms with Crippen LogP contribution in [0.15, 0.2) is 70.0 Å². The first kappa shape index (κ1) is 22.3. The molecule has 5 rings (SSSR count). The standard InChI is InChI=1S/C26H24N2O5S/c1-17-22-12-9-20-5-3-4-6-23(20)25(22)33-24(17)26(30)27-13-15-28(16-14-27)34(31,32)21-10-7-19(8-11-21)18(2)29/h3-12H,13-16H2,1-2H3. The third-order valence-electron chi connectivity index (χ3n) is 6.45. The maximum Gasteiger partial charge on any atom is 0.289 e. The summed E-state index contributed by atoms with van der Waals surface area (Å²) in [4.78, 5) is 26.5. The van der Waals surface area contributed by atoms with Crippen LogP contribution in [0.4, 0.5) is 0 Å². The van der Waals surface area contributed by atoms with Gasteiger partial charge in [0.1, 0.15) is 5.58 Å². The number of piperazine rings is 1. The number of carbonyl (C=O) groups excluding carboxylic acids is 2. The van der Waals surface area contributed by atoms with E-state index in [0.29, 0.717) is 16.9 Å². The highest BCUT2D eigenvalue weighted by molar-refractivity contribution is 7.89. The summed E-state index contributed by atoms with van der Waals surface area (Å²) in [6, 6.07) is 17.8. The highest BCUT2D eigenvalue weighted by atomic mass is 32.2. The third kappa shape index (κ3) is 3.69. The molecule has 34 heavy (non-hydrogen) atoms. The molecular weight excluding hydrogens is 452 g/mol.